The molecule has 0 unspecified atom stereocenters. The summed E-state index contributed by atoms with van der Waals surface area (Å²) in [6.07, 6.45) is 0.601. The number of carbonyl (C=O) groups is 2. The molecule has 0 aliphatic rings. The SMILES string of the molecule is O=Cc1ccc(-c2ccc(Br)cc2C(=O)c2ccc(F)cc2)o1. The molecule has 1 aromatic heterocycles. The van der Waals surface area contributed by atoms with E-state index in [1.165, 1.54) is 30.3 Å². The Morgan fingerprint density at radius 1 is 1.04 bits per heavy atom. The molecule has 3 aromatic rings. The van der Waals surface area contributed by atoms with Crippen LogP contribution >= 0.6 is 15.9 Å². The van der Waals surface area contributed by atoms with Gasteiger partial charge in [0.15, 0.2) is 17.8 Å². The second-order valence-electron chi connectivity index (χ2n) is 4.85. The zero-order valence-corrected chi connectivity index (χ0v) is 13.3. The molecule has 5 heteroatoms. The Hall–Kier alpha value is -2.53. The lowest BCUT2D eigenvalue weighted by Crippen LogP contribution is -2.03. The first-order chi connectivity index (χ1) is 11.1. The number of hydrogen-bond donors (Lipinski definition) is 0. The summed E-state index contributed by atoms with van der Waals surface area (Å²) in [5, 5.41) is 0. The minimum atomic E-state index is -0.405. The maximum atomic E-state index is 13.0. The van der Waals surface area contributed by atoms with Crippen LogP contribution < -0.4 is 0 Å². The third-order valence-corrected chi connectivity index (χ3v) is 3.83. The molecule has 0 bridgehead atoms. The molecule has 0 N–H and O–H groups in total. The van der Waals surface area contributed by atoms with Gasteiger partial charge in [0, 0.05) is 21.2 Å². The van der Waals surface area contributed by atoms with Crippen molar-refractivity contribution < 1.29 is 18.4 Å². The van der Waals surface area contributed by atoms with Crippen molar-refractivity contribution in [3.8, 4) is 11.3 Å². The van der Waals surface area contributed by atoms with Gasteiger partial charge < -0.3 is 4.42 Å². The van der Waals surface area contributed by atoms with Gasteiger partial charge in [-0.2, -0.15) is 0 Å². The maximum absolute atomic E-state index is 13.0. The minimum Gasteiger partial charge on any atom is -0.453 e. The van der Waals surface area contributed by atoms with E-state index in [2.05, 4.69) is 15.9 Å². The molecule has 0 fully saturated rings. The molecule has 23 heavy (non-hydrogen) atoms. The summed E-state index contributed by atoms with van der Waals surface area (Å²) in [6.45, 7) is 0. The van der Waals surface area contributed by atoms with E-state index in [1.54, 1.807) is 24.3 Å². The van der Waals surface area contributed by atoms with Crippen LogP contribution in [-0.2, 0) is 0 Å². The smallest absolute Gasteiger partial charge is 0.193 e. The normalized spacial score (nSPS) is 10.5. The molecule has 0 aliphatic heterocycles. The summed E-state index contributed by atoms with van der Waals surface area (Å²) in [5.41, 5.74) is 1.33. The molecule has 3 nitrogen and oxygen atoms in total. The molecule has 0 radical (unpaired) electrons. The highest BCUT2D eigenvalue weighted by Crippen LogP contribution is 2.30. The van der Waals surface area contributed by atoms with Gasteiger partial charge in [-0.15, -0.1) is 0 Å². The number of rotatable bonds is 4. The quantitative estimate of drug-likeness (QED) is 0.483. The van der Waals surface area contributed by atoms with E-state index in [0.717, 1.165) is 4.47 Å². The van der Waals surface area contributed by atoms with Crippen LogP contribution in [0.2, 0.25) is 0 Å². The minimum absolute atomic E-state index is 0.183. The fourth-order valence-electron chi connectivity index (χ4n) is 2.24. The molecular formula is C18H10BrFO3. The second-order valence-corrected chi connectivity index (χ2v) is 5.76. The first-order valence-electron chi connectivity index (χ1n) is 6.73. The van der Waals surface area contributed by atoms with Gasteiger partial charge in [0.2, 0.25) is 0 Å². The van der Waals surface area contributed by atoms with Gasteiger partial charge in [-0.3, -0.25) is 9.59 Å². The molecule has 0 atom stereocenters. The summed E-state index contributed by atoms with van der Waals surface area (Å²) in [6, 6.07) is 13.7. The number of carbonyl (C=O) groups excluding carboxylic acids is 2. The molecular weight excluding hydrogens is 363 g/mol. The van der Waals surface area contributed by atoms with Crippen molar-refractivity contribution in [1.29, 1.82) is 0 Å². The Balaban J connectivity index is 2.10. The Labute approximate surface area is 139 Å². The Kier molecular flexibility index (Phi) is 4.21. The van der Waals surface area contributed by atoms with E-state index < -0.39 is 5.82 Å². The lowest BCUT2D eigenvalue weighted by atomic mass is 9.97. The van der Waals surface area contributed by atoms with Crippen molar-refractivity contribution >= 4 is 28.0 Å². The van der Waals surface area contributed by atoms with Crippen LogP contribution in [0.5, 0.6) is 0 Å². The number of halogens is 2. The van der Waals surface area contributed by atoms with E-state index in [9.17, 15) is 14.0 Å². The summed E-state index contributed by atoms with van der Waals surface area (Å²) < 4.78 is 19.2. The van der Waals surface area contributed by atoms with Gasteiger partial charge in [-0.05, 0) is 54.6 Å². The molecule has 0 saturated carbocycles. The first-order valence-corrected chi connectivity index (χ1v) is 7.53. The van der Waals surface area contributed by atoms with Crippen molar-refractivity contribution in [2.75, 3.05) is 0 Å². The standard InChI is InChI=1S/C18H10BrFO3/c19-12-3-7-15(17-8-6-14(10-21)23-17)16(9-12)18(22)11-1-4-13(20)5-2-11/h1-10H. The second kappa shape index (κ2) is 6.30. The zero-order chi connectivity index (χ0) is 16.4. The van der Waals surface area contributed by atoms with Crippen LogP contribution in [0.3, 0.4) is 0 Å². The van der Waals surface area contributed by atoms with E-state index in [0.29, 0.717) is 28.7 Å². The van der Waals surface area contributed by atoms with E-state index in [4.69, 9.17) is 4.42 Å². The maximum Gasteiger partial charge on any atom is 0.193 e. The molecule has 0 amide bonds. The van der Waals surface area contributed by atoms with E-state index in [-0.39, 0.29) is 11.5 Å². The van der Waals surface area contributed by atoms with Gasteiger partial charge in [0.25, 0.3) is 0 Å². The Morgan fingerprint density at radius 2 is 1.78 bits per heavy atom. The lowest BCUT2D eigenvalue weighted by molar-refractivity contribution is 0.103. The van der Waals surface area contributed by atoms with Crippen molar-refractivity contribution in [2.45, 2.75) is 0 Å². The molecule has 3 rings (SSSR count). The summed E-state index contributed by atoms with van der Waals surface area (Å²) in [5.74, 6) is -0.0591. The summed E-state index contributed by atoms with van der Waals surface area (Å²) >= 11 is 3.34. The average molecular weight is 373 g/mol. The molecule has 0 saturated heterocycles. The Morgan fingerprint density at radius 3 is 2.43 bits per heavy atom. The molecule has 0 aliphatic carbocycles. The topological polar surface area (TPSA) is 47.3 Å². The largest absolute Gasteiger partial charge is 0.453 e. The number of aldehydes is 1. The monoisotopic (exact) mass is 372 g/mol. The first kappa shape index (κ1) is 15.4. The van der Waals surface area contributed by atoms with Gasteiger partial charge in [-0.1, -0.05) is 15.9 Å². The summed E-state index contributed by atoms with van der Waals surface area (Å²) in [7, 11) is 0. The Bertz CT molecular complexity index is 882. The number of benzene rings is 2. The van der Waals surface area contributed by atoms with Crippen LogP contribution in [0.15, 0.2) is 63.5 Å². The fraction of sp³-hybridized carbons (Fsp3) is 0. The predicted octanol–water partition coefficient (Wildman–Crippen LogP) is 4.89. The van der Waals surface area contributed by atoms with E-state index in [1.807, 2.05) is 0 Å². The summed E-state index contributed by atoms with van der Waals surface area (Å²) in [4.78, 5) is 23.5. The molecule has 1 heterocycles. The van der Waals surface area contributed by atoms with Crippen molar-refractivity contribution in [3.63, 3.8) is 0 Å². The average Bonchev–Trinajstić information content (AvgIpc) is 3.04. The lowest BCUT2D eigenvalue weighted by Gasteiger charge is -2.08. The number of hydrogen-bond acceptors (Lipinski definition) is 3. The van der Waals surface area contributed by atoms with Gasteiger partial charge in [-0.25, -0.2) is 4.39 Å². The third-order valence-electron chi connectivity index (χ3n) is 3.34. The molecule has 2 aromatic carbocycles. The fourth-order valence-corrected chi connectivity index (χ4v) is 2.60. The van der Waals surface area contributed by atoms with Crippen LogP contribution in [-0.4, -0.2) is 12.1 Å². The highest BCUT2D eigenvalue weighted by Gasteiger charge is 2.17. The van der Waals surface area contributed by atoms with Crippen LogP contribution in [0.1, 0.15) is 26.5 Å². The highest BCUT2D eigenvalue weighted by molar-refractivity contribution is 9.10. The molecule has 0 spiro atoms. The van der Waals surface area contributed by atoms with Gasteiger partial charge in [0.05, 0.1) is 0 Å². The third kappa shape index (κ3) is 3.14. The molecule has 114 valence electrons. The van der Waals surface area contributed by atoms with Crippen molar-refractivity contribution in [3.05, 3.63) is 81.8 Å². The van der Waals surface area contributed by atoms with Crippen molar-refractivity contribution in [2.24, 2.45) is 0 Å². The highest BCUT2D eigenvalue weighted by atomic mass is 79.9. The zero-order valence-electron chi connectivity index (χ0n) is 11.8. The van der Waals surface area contributed by atoms with E-state index >= 15 is 0 Å². The number of ketones is 1. The van der Waals surface area contributed by atoms with Crippen LogP contribution in [0.25, 0.3) is 11.3 Å². The predicted molar refractivity (Wildman–Crippen MR) is 87.1 cm³/mol. The van der Waals surface area contributed by atoms with Crippen LogP contribution in [0, 0.1) is 5.82 Å². The van der Waals surface area contributed by atoms with Crippen molar-refractivity contribution in [1.82, 2.24) is 0 Å². The van der Waals surface area contributed by atoms with Gasteiger partial charge >= 0.3 is 0 Å². The number of furan rings is 1. The van der Waals surface area contributed by atoms with Crippen LogP contribution in [0.4, 0.5) is 4.39 Å². The van der Waals surface area contributed by atoms with Gasteiger partial charge in [0.1, 0.15) is 11.6 Å².